The molecular formula is C20H20ClFN4O4S. The highest BCUT2D eigenvalue weighted by atomic mass is 35.5. The van der Waals surface area contributed by atoms with Crippen molar-refractivity contribution >= 4 is 44.1 Å². The van der Waals surface area contributed by atoms with Crippen LogP contribution in [0.15, 0.2) is 53.5 Å². The van der Waals surface area contributed by atoms with Crippen LogP contribution in [0.25, 0.3) is 10.8 Å². The fraction of sp³-hybridized carbons (Fsp3) is 0.200. The molecule has 1 aromatic heterocycles. The number of urea groups is 1. The van der Waals surface area contributed by atoms with Gasteiger partial charge in [0.2, 0.25) is 10.0 Å². The van der Waals surface area contributed by atoms with E-state index in [-0.39, 0.29) is 22.8 Å². The summed E-state index contributed by atoms with van der Waals surface area (Å²) in [4.78, 5) is 29.1. The number of pyridine rings is 1. The number of nitrogens with one attached hydrogen (secondary N) is 2. The zero-order valence-electron chi connectivity index (χ0n) is 16.4. The molecule has 0 fully saturated rings. The number of H-pyrrole nitrogens is 1. The molecule has 3 aromatic rings. The Morgan fingerprint density at radius 3 is 2.58 bits per heavy atom. The van der Waals surface area contributed by atoms with Crippen LogP contribution in [0, 0.1) is 5.82 Å². The topological polar surface area (TPSA) is 125 Å². The van der Waals surface area contributed by atoms with E-state index in [0.717, 1.165) is 6.07 Å². The summed E-state index contributed by atoms with van der Waals surface area (Å²) in [7, 11) is -3.77. The molecule has 0 aliphatic carbocycles. The smallest absolute Gasteiger partial charge is 0.322 e. The third-order valence-corrected chi connectivity index (χ3v) is 5.80. The summed E-state index contributed by atoms with van der Waals surface area (Å²) < 4.78 is 36.1. The lowest BCUT2D eigenvalue weighted by Crippen LogP contribution is -2.43. The van der Waals surface area contributed by atoms with Crippen molar-refractivity contribution in [3.05, 3.63) is 75.4 Å². The lowest BCUT2D eigenvalue weighted by molar-refractivity contribution is 0.245. The van der Waals surface area contributed by atoms with Crippen LogP contribution in [-0.2, 0) is 10.0 Å². The number of primary sulfonamides is 1. The second-order valence-electron chi connectivity index (χ2n) is 6.86. The Morgan fingerprint density at radius 2 is 1.94 bits per heavy atom. The molecular weight excluding hydrogens is 447 g/mol. The van der Waals surface area contributed by atoms with E-state index in [1.54, 1.807) is 31.2 Å². The molecule has 0 spiro atoms. The highest BCUT2D eigenvalue weighted by Gasteiger charge is 2.26. The van der Waals surface area contributed by atoms with E-state index in [2.05, 4.69) is 10.3 Å². The summed E-state index contributed by atoms with van der Waals surface area (Å²) in [5, 5.41) is 8.38. The van der Waals surface area contributed by atoms with Gasteiger partial charge < -0.3 is 10.3 Å². The molecule has 11 heteroatoms. The van der Waals surface area contributed by atoms with Crippen LogP contribution in [0.5, 0.6) is 0 Å². The number of halogens is 2. The van der Waals surface area contributed by atoms with Gasteiger partial charge in [-0.15, -0.1) is 0 Å². The summed E-state index contributed by atoms with van der Waals surface area (Å²) in [5.74, 6) is -1.10. The highest BCUT2D eigenvalue weighted by molar-refractivity contribution is 7.89. The first-order chi connectivity index (χ1) is 14.6. The van der Waals surface area contributed by atoms with Gasteiger partial charge in [0.15, 0.2) is 0 Å². The quantitative estimate of drug-likeness (QED) is 0.516. The first kappa shape index (κ1) is 22.7. The van der Waals surface area contributed by atoms with Gasteiger partial charge in [-0.25, -0.2) is 22.7 Å². The predicted molar refractivity (Wildman–Crippen MR) is 118 cm³/mol. The number of fused-ring (bicyclic) bond motifs is 1. The maximum atomic E-state index is 13.7. The minimum Gasteiger partial charge on any atom is -0.337 e. The highest BCUT2D eigenvalue weighted by Crippen LogP contribution is 2.32. The third kappa shape index (κ3) is 5.22. The number of carbonyl (C=O) groups excluding carboxylic acids is 1. The number of carbonyl (C=O) groups is 1. The summed E-state index contributed by atoms with van der Waals surface area (Å²) in [5.41, 5.74) is 0.625. The van der Waals surface area contributed by atoms with Gasteiger partial charge in [-0.1, -0.05) is 29.8 Å². The zero-order chi connectivity index (χ0) is 22.8. The SMILES string of the molecule is C[C@@H](c1c[nH]c(=O)c2ccccc12)N(C(=O)NCCS(N)(=O)=O)c1ccc(F)c(Cl)c1. The van der Waals surface area contributed by atoms with E-state index in [1.807, 2.05) is 0 Å². The van der Waals surface area contributed by atoms with Crippen molar-refractivity contribution in [1.82, 2.24) is 10.3 Å². The fourth-order valence-corrected chi connectivity index (χ4v) is 3.81. The number of benzene rings is 2. The molecule has 0 saturated heterocycles. The number of rotatable bonds is 6. The molecule has 164 valence electrons. The Balaban J connectivity index is 2.05. The minimum atomic E-state index is -3.77. The van der Waals surface area contributed by atoms with E-state index in [0.29, 0.717) is 16.3 Å². The Morgan fingerprint density at radius 1 is 1.26 bits per heavy atom. The van der Waals surface area contributed by atoms with Gasteiger partial charge in [-0.3, -0.25) is 9.69 Å². The lowest BCUT2D eigenvalue weighted by atomic mass is 10.0. The van der Waals surface area contributed by atoms with Crippen molar-refractivity contribution in [3.63, 3.8) is 0 Å². The molecule has 1 atom stereocenters. The molecule has 8 nitrogen and oxygen atoms in total. The predicted octanol–water partition coefficient (Wildman–Crippen LogP) is 2.89. The molecule has 0 radical (unpaired) electrons. The average molecular weight is 467 g/mol. The third-order valence-electron chi connectivity index (χ3n) is 4.74. The van der Waals surface area contributed by atoms with Crippen LogP contribution in [0.4, 0.5) is 14.9 Å². The van der Waals surface area contributed by atoms with Crippen molar-refractivity contribution in [1.29, 1.82) is 0 Å². The monoisotopic (exact) mass is 466 g/mol. The van der Waals surface area contributed by atoms with Crippen molar-refractivity contribution in [2.75, 3.05) is 17.2 Å². The standard InChI is InChI=1S/C20H20ClFN4O4S/c1-12(16-11-25-19(27)15-5-3-2-4-14(15)16)26(13-6-7-18(22)17(21)10-13)20(28)24-8-9-31(23,29)30/h2-7,10-12H,8-9H2,1H3,(H,24,28)(H,25,27)(H2,23,29,30)/t12-/m0/s1. The summed E-state index contributed by atoms with van der Waals surface area (Å²) in [6.45, 7) is 1.50. The average Bonchev–Trinajstić information content (AvgIpc) is 2.70. The molecule has 0 aliphatic rings. The first-order valence-electron chi connectivity index (χ1n) is 9.21. The first-order valence-corrected chi connectivity index (χ1v) is 11.3. The molecule has 31 heavy (non-hydrogen) atoms. The number of aromatic nitrogens is 1. The van der Waals surface area contributed by atoms with E-state index < -0.39 is 33.7 Å². The van der Waals surface area contributed by atoms with Gasteiger partial charge in [-0.05, 0) is 42.1 Å². The van der Waals surface area contributed by atoms with E-state index >= 15 is 0 Å². The molecule has 4 N–H and O–H groups in total. The van der Waals surface area contributed by atoms with E-state index in [4.69, 9.17) is 16.7 Å². The number of hydrogen-bond donors (Lipinski definition) is 3. The minimum absolute atomic E-state index is 0.182. The number of hydrogen-bond acceptors (Lipinski definition) is 4. The summed E-state index contributed by atoms with van der Waals surface area (Å²) in [6.07, 6.45) is 1.51. The fourth-order valence-electron chi connectivity index (χ4n) is 3.25. The molecule has 2 aromatic carbocycles. The Hall–Kier alpha value is -2.95. The van der Waals surface area contributed by atoms with Crippen LogP contribution >= 0.6 is 11.6 Å². The van der Waals surface area contributed by atoms with Gasteiger partial charge in [0.25, 0.3) is 5.56 Å². The Labute approximate surface area is 182 Å². The lowest BCUT2D eigenvalue weighted by Gasteiger charge is -2.30. The van der Waals surface area contributed by atoms with Crippen molar-refractivity contribution in [2.45, 2.75) is 13.0 Å². The number of sulfonamides is 1. The van der Waals surface area contributed by atoms with Crippen molar-refractivity contribution in [2.24, 2.45) is 5.14 Å². The molecule has 0 bridgehead atoms. The van der Waals surface area contributed by atoms with Gasteiger partial charge in [0, 0.05) is 23.8 Å². The van der Waals surface area contributed by atoms with Gasteiger partial charge >= 0.3 is 6.03 Å². The molecule has 0 unspecified atom stereocenters. The number of anilines is 1. The van der Waals surface area contributed by atoms with Crippen molar-refractivity contribution < 1.29 is 17.6 Å². The van der Waals surface area contributed by atoms with Crippen LogP contribution in [0.1, 0.15) is 18.5 Å². The van der Waals surface area contributed by atoms with E-state index in [9.17, 15) is 22.4 Å². The van der Waals surface area contributed by atoms with Gasteiger partial charge in [0.05, 0.1) is 16.8 Å². The number of nitrogens with zero attached hydrogens (tertiary/aromatic N) is 1. The molecule has 2 amide bonds. The van der Waals surface area contributed by atoms with Crippen LogP contribution in [0.3, 0.4) is 0 Å². The number of aromatic amines is 1. The zero-order valence-corrected chi connectivity index (χ0v) is 18.0. The van der Waals surface area contributed by atoms with Crippen LogP contribution in [-0.4, -0.2) is 31.7 Å². The maximum Gasteiger partial charge on any atom is 0.322 e. The molecule has 0 saturated carbocycles. The number of amides is 2. The van der Waals surface area contributed by atoms with Gasteiger partial charge in [-0.2, -0.15) is 0 Å². The number of nitrogens with two attached hydrogens (primary N) is 1. The molecule has 0 aliphatic heterocycles. The Bertz CT molecular complexity index is 1300. The second kappa shape index (κ2) is 9.04. The molecule has 3 rings (SSSR count). The largest absolute Gasteiger partial charge is 0.337 e. The second-order valence-corrected chi connectivity index (χ2v) is 9.00. The van der Waals surface area contributed by atoms with Crippen molar-refractivity contribution in [3.8, 4) is 0 Å². The summed E-state index contributed by atoms with van der Waals surface area (Å²) >= 11 is 5.92. The van der Waals surface area contributed by atoms with Crippen LogP contribution < -0.4 is 20.9 Å². The van der Waals surface area contributed by atoms with E-state index in [1.165, 1.54) is 23.2 Å². The Kier molecular flexibility index (Phi) is 6.63. The van der Waals surface area contributed by atoms with Gasteiger partial charge in [0.1, 0.15) is 5.82 Å². The normalized spacial score (nSPS) is 12.5. The molecule has 1 heterocycles. The van der Waals surface area contributed by atoms with Crippen LogP contribution in [0.2, 0.25) is 5.02 Å². The maximum absolute atomic E-state index is 13.7. The summed E-state index contributed by atoms with van der Waals surface area (Å²) in [6, 6.07) is 9.42.